The van der Waals surface area contributed by atoms with Crippen molar-refractivity contribution in [2.75, 3.05) is 27.3 Å². The normalized spacial score (nSPS) is 19.1. The Morgan fingerprint density at radius 1 is 1.31 bits per heavy atom. The van der Waals surface area contributed by atoms with E-state index in [4.69, 9.17) is 18.9 Å². The minimum atomic E-state index is -1.22. The van der Waals surface area contributed by atoms with E-state index in [1.807, 2.05) is 0 Å². The number of esters is 2. The summed E-state index contributed by atoms with van der Waals surface area (Å²) in [5.41, 5.74) is -1.22. The zero-order valence-electron chi connectivity index (χ0n) is 9.49. The van der Waals surface area contributed by atoms with Crippen molar-refractivity contribution in [3.05, 3.63) is 0 Å². The van der Waals surface area contributed by atoms with Gasteiger partial charge in [0.05, 0.1) is 6.61 Å². The molecule has 0 amide bonds. The van der Waals surface area contributed by atoms with E-state index in [1.165, 1.54) is 7.11 Å². The molecule has 1 heterocycles. The van der Waals surface area contributed by atoms with Crippen LogP contribution in [0.1, 0.15) is 19.8 Å². The molecule has 0 aromatic rings. The molecule has 0 N–H and O–H groups in total. The van der Waals surface area contributed by atoms with Gasteiger partial charge in [-0.3, -0.25) is 9.59 Å². The minimum Gasteiger partial charge on any atom is -0.427 e. The van der Waals surface area contributed by atoms with Crippen LogP contribution in [0.2, 0.25) is 0 Å². The van der Waals surface area contributed by atoms with Crippen LogP contribution >= 0.6 is 0 Å². The quantitative estimate of drug-likeness (QED) is 0.286. The number of hydrogen-bond donors (Lipinski definition) is 0. The smallest absolute Gasteiger partial charge is 0.326 e. The van der Waals surface area contributed by atoms with Gasteiger partial charge in [-0.25, -0.2) is 0 Å². The molecule has 92 valence electrons. The topological polar surface area (TPSA) is 71.1 Å². The van der Waals surface area contributed by atoms with E-state index in [0.717, 1.165) is 0 Å². The molecule has 1 fully saturated rings. The van der Waals surface area contributed by atoms with E-state index in [0.29, 0.717) is 6.42 Å². The van der Waals surface area contributed by atoms with Gasteiger partial charge < -0.3 is 18.9 Å². The first-order valence-corrected chi connectivity index (χ1v) is 5.08. The average molecular weight is 232 g/mol. The highest BCUT2D eigenvalue weighted by atomic mass is 16.7. The van der Waals surface area contributed by atoms with Crippen LogP contribution in [-0.2, 0) is 28.5 Å². The summed E-state index contributed by atoms with van der Waals surface area (Å²) in [4.78, 5) is 23.2. The Morgan fingerprint density at radius 2 is 1.94 bits per heavy atom. The monoisotopic (exact) mass is 232 g/mol. The number of carbonyl (C=O) groups excluding carboxylic acids is 2. The summed E-state index contributed by atoms with van der Waals surface area (Å²) in [5.74, 6) is -1.07. The molecule has 0 atom stereocenters. The lowest BCUT2D eigenvalue weighted by Gasteiger charge is -2.31. The summed E-state index contributed by atoms with van der Waals surface area (Å²) in [5, 5.41) is 0. The number of cyclic esters (lactones) is 2. The van der Waals surface area contributed by atoms with Crippen molar-refractivity contribution in [2.24, 2.45) is 5.41 Å². The average Bonchev–Trinajstić information content (AvgIpc) is 2.28. The molecule has 0 spiro atoms. The third kappa shape index (κ3) is 2.51. The molecule has 1 saturated heterocycles. The first-order chi connectivity index (χ1) is 7.67. The van der Waals surface area contributed by atoms with Gasteiger partial charge in [-0.2, -0.15) is 0 Å². The van der Waals surface area contributed by atoms with Gasteiger partial charge in [0.2, 0.25) is 6.79 Å². The molecule has 0 radical (unpaired) electrons. The highest BCUT2D eigenvalue weighted by Gasteiger charge is 2.49. The summed E-state index contributed by atoms with van der Waals surface area (Å²) in [6.07, 6.45) is 0.575. The predicted molar refractivity (Wildman–Crippen MR) is 52.2 cm³/mol. The van der Waals surface area contributed by atoms with Gasteiger partial charge in [-0.15, -0.1) is 0 Å². The lowest BCUT2D eigenvalue weighted by atomic mass is 9.81. The fraction of sp³-hybridized carbons (Fsp3) is 0.800. The van der Waals surface area contributed by atoms with Gasteiger partial charge in [0, 0.05) is 7.11 Å². The van der Waals surface area contributed by atoms with Crippen LogP contribution in [0.4, 0.5) is 0 Å². The number of hydrogen-bond acceptors (Lipinski definition) is 6. The summed E-state index contributed by atoms with van der Waals surface area (Å²) < 4.78 is 19.3. The molecule has 16 heavy (non-hydrogen) atoms. The third-order valence-corrected chi connectivity index (χ3v) is 2.64. The second-order valence-corrected chi connectivity index (χ2v) is 3.48. The van der Waals surface area contributed by atoms with Gasteiger partial charge in [-0.05, 0) is 12.8 Å². The van der Waals surface area contributed by atoms with Crippen molar-refractivity contribution >= 4 is 11.9 Å². The van der Waals surface area contributed by atoms with Crippen LogP contribution in [-0.4, -0.2) is 39.2 Å². The van der Waals surface area contributed by atoms with Crippen LogP contribution in [0.15, 0.2) is 0 Å². The molecule has 1 aliphatic rings. The van der Waals surface area contributed by atoms with Crippen molar-refractivity contribution in [2.45, 2.75) is 19.8 Å². The maximum absolute atomic E-state index is 11.6. The molecule has 6 heteroatoms. The number of ether oxygens (including phenoxy) is 4. The number of rotatable bonds is 6. The Balaban J connectivity index is 2.59. The first kappa shape index (κ1) is 12.9. The summed E-state index contributed by atoms with van der Waals surface area (Å²) >= 11 is 0. The Labute approximate surface area is 93.8 Å². The summed E-state index contributed by atoms with van der Waals surface area (Å²) in [6, 6.07) is 0. The minimum absolute atomic E-state index is 0.129. The van der Waals surface area contributed by atoms with Crippen LogP contribution in [0.3, 0.4) is 0 Å². The Kier molecular flexibility index (Phi) is 4.70. The van der Waals surface area contributed by atoms with E-state index in [9.17, 15) is 9.59 Å². The fourth-order valence-electron chi connectivity index (χ4n) is 1.55. The van der Waals surface area contributed by atoms with Crippen molar-refractivity contribution in [3.63, 3.8) is 0 Å². The highest BCUT2D eigenvalue weighted by molar-refractivity contribution is 6.01. The first-order valence-electron chi connectivity index (χ1n) is 5.08. The second kappa shape index (κ2) is 5.81. The maximum atomic E-state index is 11.6. The fourth-order valence-corrected chi connectivity index (χ4v) is 1.55. The lowest BCUT2D eigenvalue weighted by Crippen LogP contribution is -2.47. The molecule has 6 nitrogen and oxygen atoms in total. The van der Waals surface area contributed by atoms with Gasteiger partial charge in [-0.1, -0.05) is 6.92 Å². The Hall–Kier alpha value is -1.14. The van der Waals surface area contributed by atoms with Gasteiger partial charge in [0.25, 0.3) is 0 Å². The molecule has 0 aliphatic carbocycles. The highest BCUT2D eigenvalue weighted by Crippen LogP contribution is 2.32. The van der Waals surface area contributed by atoms with Crippen LogP contribution in [0.25, 0.3) is 0 Å². The third-order valence-electron chi connectivity index (χ3n) is 2.64. The molecule has 0 bridgehead atoms. The van der Waals surface area contributed by atoms with Gasteiger partial charge in [0.1, 0.15) is 6.79 Å². The largest absolute Gasteiger partial charge is 0.427 e. The lowest BCUT2D eigenvalue weighted by molar-refractivity contribution is -0.204. The molecular formula is C10H16O6. The van der Waals surface area contributed by atoms with Crippen LogP contribution in [0.5, 0.6) is 0 Å². The molecule has 1 aliphatic heterocycles. The van der Waals surface area contributed by atoms with E-state index in [1.54, 1.807) is 6.92 Å². The van der Waals surface area contributed by atoms with Crippen molar-refractivity contribution in [3.8, 4) is 0 Å². The van der Waals surface area contributed by atoms with Crippen LogP contribution < -0.4 is 0 Å². The van der Waals surface area contributed by atoms with E-state index >= 15 is 0 Å². The molecule has 0 unspecified atom stereocenters. The summed E-state index contributed by atoms with van der Waals surface area (Å²) in [7, 11) is 1.50. The molecule has 0 saturated carbocycles. The van der Waals surface area contributed by atoms with E-state index in [-0.39, 0.29) is 26.6 Å². The maximum Gasteiger partial charge on any atom is 0.326 e. The van der Waals surface area contributed by atoms with Gasteiger partial charge >= 0.3 is 11.9 Å². The Bertz CT molecular complexity index is 246. The second-order valence-electron chi connectivity index (χ2n) is 3.48. The number of methoxy groups -OCH3 is 1. The summed E-state index contributed by atoms with van der Waals surface area (Å²) in [6.45, 7) is 1.82. The molecule has 1 rings (SSSR count). The zero-order chi connectivity index (χ0) is 12.0. The Morgan fingerprint density at radius 3 is 2.44 bits per heavy atom. The van der Waals surface area contributed by atoms with Gasteiger partial charge in [0.15, 0.2) is 5.41 Å². The van der Waals surface area contributed by atoms with Crippen molar-refractivity contribution in [1.29, 1.82) is 0 Å². The molecule has 0 aromatic heterocycles. The van der Waals surface area contributed by atoms with Crippen molar-refractivity contribution < 1.29 is 28.5 Å². The van der Waals surface area contributed by atoms with Crippen LogP contribution in [0, 0.1) is 5.41 Å². The number of carbonyl (C=O) groups is 2. The molecular weight excluding hydrogens is 216 g/mol. The standard InChI is InChI=1S/C10H16O6/c1-3-10(4-5-14-6-13-2)8(11)15-7-16-9(10)12/h3-7H2,1-2H3. The zero-order valence-corrected chi connectivity index (χ0v) is 9.49. The predicted octanol–water partition coefficient (Wildman–Crippen LogP) is 0.451. The molecule has 0 aromatic carbocycles. The van der Waals surface area contributed by atoms with E-state index < -0.39 is 17.4 Å². The SMILES string of the molecule is CCC1(CCOCOC)C(=O)OCOC1=O. The van der Waals surface area contributed by atoms with Crippen molar-refractivity contribution in [1.82, 2.24) is 0 Å². The van der Waals surface area contributed by atoms with E-state index in [2.05, 4.69) is 0 Å².